The minimum Gasteiger partial charge on any atom is -0.465 e. The van der Waals surface area contributed by atoms with Crippen LogP contribution in [0.4, 0.5) is 10.6 Å². The number of likely N-dealkylation sites (N-methyl/N-ethyl adjacent to an activating group) is 1. The third-order valence-electron chi connectivity index (χ3n) is 10.3. The van der Waals surface area contributed by atoms with Gasteiger partial charge in [0.25, 0.3) is 5.56 Å². The number of hydrogen-bond acceptors (Lipinski definition) is 11. The van der Waals surface area contributed by atoms with Crippen LogP contribution in [0.3, 0.4) is 0 Å². The average Bonchev–Trinajstić information content (AvgIpc) is 3.71. The van der Waals surface area contributed by atoms with E-state index in [4.69, 9.17) is 24.5 Å². The molecule has 1 amide bonds. The van der Waals surface area contributed by atoms with Crippen LogP contribution in [-0.2, 0) is 4.74 Å². The number of nitrogens with zero attached hydrogens (tertiary/aromatic N) is 10. The first-order valence-electron chi connectivity index (χ1n) is 17.0. The highest BCUT2D eigenvalue weighted by atomic mass is 16.5. The molecule has 0 radical (unpaired) electrons. The predicted molar refractivity (Wildman–Crippen MR) is 181 cm³/mol. The number of aromatic nitrogens is 6. The molecule has 15 nitrogen and oxygen atoms in total. The molecule has 4 aromatic rings. The molecule has 3 atom stereocenters. The van der Waals surface area contributed by atoms with Crippen molar-refractivity contribution in [1.29, 1.82) is 5.26 Å². The minimum atomic E-state index is -1.08. The van der Waals surface area contributed by atoms with Crippen molar-refractivity contribution in [1.82, 2.24) is 39.1 Å². The van der Waals surface area contributed by atoms with Gasteiger partial charge in [0.05, 0.1) is 35.9 Å². The third kappa shape index (κ3) is 5.93. The standard InChI is InChI=1S/C34H42N10O5/c1-20-16-26-25(17-36-44(26)27-9-5-6-15-48-27)30(21(20)2)43-22(3)37-28-29(32(43)45)38-33(49-19-24-8-7-12-40(24)4)39-31(28)41-13-14-42(34(46)47)23(18-41)10-11-35/h16-17,23-24,27H,5-10,12-15,18-19H2,1-4H3,(H,46,47)/t23-,24?,27?/m0/s1. The molecule has 0 saturated carbocycles. The molecular formula is C34H42N10O5. The fraction of sp³-hybridized carbons (Fsp3) is 0.559. The maximum atomic E-state index is 14.7. The van der Waals surface area contributed by atoms with E-state index in [1.54, 1.807) is 17.7 Å². The van der Waals surface area contributed by atoms with Gasteiger partial charge in [-0.25, -0.2) is 14.5 Å². The zero-order chi connectivity index (χ0) is 34.4. The van der Waals surface area contributed by atoms with Crippen molar-refractivity contribution in [2.24, 2.45) is 0 Å². The van der Waals surface area contributed by atoms with Crippen LogP contribution >= 0.6 is 0 Å². The SMILES string of the molecule is Cc1cc2c(cnn2C2CCCCO2)c(-n2c(C)nc3c(N4CCN(C(=O)O)[C@@H](CC#N)C4)nc(OCC4CCCN4C)nc3c2=O)c1C. The van der Waals surface area contributed by atoms with Crippen LogP contribution in [0, 0.1) is 32.1 Å². The number of aryl methyl sites for hydroxylation is 2. The van der Waals surface area contributed by atoms with Crippen molar-refractivity contribution < 1.29 is 19.4 Å². The lowest BCUT2D eigenvalue weighted by Crippen LogP contribution is -2.55. The van der Waals surface area contributed by atoms with E-state index in [-0.39, 0.29) is 48.9 Å². The van der Waals surface area contributed by atoms with E-state index in [9.17, 15) is 20.0 Å². The first-order chi connectivity index (χ1) is 23.7. The van der Waals surface area contributed by atoms with Crippen LogP contribution in [0.25, 0.3) is 27.6 Å². The lowest BCUT2D eigenvalue weighted by molar-refractivity contribution is -0.0366. The van der Waals surface area contributed by atoms with E-state index in [0.29, 0.717) is 42.6 Å². The normalized spacial score (nSPS) is 21.8. The number of ether oxygens (including phenoxy) is 2. The maximum absolute atomic E-state index is 14.7. The van der Waals surface area contributed by atoms with E-state index in [1.807, 2.05) is 23.4 Å². The highest BCUT2D eigenvalue weighted by molar-refractivity contribution is 5.91. The summed E-state index contributed by atoms with van der Waals surface area (Å²) in [6, 6.07) is 3.88. The second-order valence-corrected chi connectivity index (χ2v) is 13.4. The first-order valence-corrected chi connectivity index (χ1v) is 17.0. The van der Waals surface area contributed by atoms with Crippen LogP contribution in [0.2, 0.25) is 0 Å². The number of rotatable bonds is 7. The Morgan fingerprint density at radius 1 is 1.08 bits per heavy atom. The molecule has 1 N–H and O–H groups in total. The number of anilines is 1. The third-order valence-corrected chi connectivity index (χ3v) is 10.3. The molecule has 49 heavy (non-hydrogen) atoms. The smallest absolute Gasteiger partial charge is 0.407 e. The Bertz CT molecular complexity index is 2010. The highest BCUT2D eigenvalue weighted by Gasteiger charge is 2.33. The van der Waals surface area contributed by atoms with Crippen molar-refractivity contribution in [3.05, 3.63) is 39.6 Å². The number of hydrogen-bond donors (Lipinski definition) is 1. The molecule has 3 aliphatic heterocycles. The highest BCUT2D eigenvalue weighted by Crippen LogP contribution is 2.34. The second-order valence-electron chi connectivity index (χ2n) is 13.4. The van der Waals surface area contributed by atoms with Crippen molar-refractivity contribution in [3.63, 3.8) is 0 Å². The summed E-state index contributed by atoms with van der Waals surface area (Å²) < 4.78 is 15.8. The number of nitriles is 1. The summed E-state index contributed by atoms with van der Waals surface area (Å²) in [5.41, 5.74) is 3.51. The number of piperazine rings is 1. The van der Waals surface area contributed by atoms with Gasteiger partial charge in [-0.15, -0.1) is 0 Å². The number of fused-ring (bicyclic) bond motifs is 2. The van der Waals surface area contributed by atoms with E-state index in [0.717, 1.165) is 60.7 Å². The van der Waals surface area contributed by atoms with Gasteiger partial charge in [0, 0.05) is 37.7 Å². The molecule has 0 bridgehead atoms. The van der Waals surface area contributed by atoms with E-state index in [2.05, 4.69) is 29.1 Å². The molecule has 7 rings (SSSR count). The Morgan fingerprint density at radius 3 is 2.63 bits per heavy atom. The van der Waals surface area contributed by atoms with Gasteiger partial charge < -0.3 is 29.3 Å². The van der Waals surface area contributed by atoms with Gasteiger partial charge in [0.1, 0.15) is 17.9 Å². The number of likely N-dealkylation sites (tertiary alicyclic amines) is 1. The molecule has 3 aromatic heterocycles. The van der Waals surface area contributed by atoms with Crippen molar-refractivity contribution >= 4 is 33.8 Å². The Kier molecular flexibility index (Phi) is 8.84. The maximum Gasteiger partial charge on any atom is 0.407 e. The number of carbonyl (C=O) groups is 1. The molecule has 3 saturated heterocycles. The molecular weight excluding hydrogens is 628 g/mol. The van der Waals surface area contributed by atoms with Crippen LogP contribution in [0.15, 0.2) is 17.1 Å². The molecule has 3 fully saturated rings. The summed E-state index contributed by atoms with van der Waals surface area (Å²) >= 11 is 0. The van der Waals surface area contributed by atoms with Crippen LogP contribution < -0.4 is 15.2 Å². The zero-order valence-corrected chi connectivity index (χ0v) is 28.4. The van der Waals surface area contributed by atoms with Crippen LogP contribution in [0.1, 0.15) is 61.7 Å². The lowest BCUT2D eigenvalue weighted by atomic mass is 10.0. The summed E-state index contributed by atoms with van der Waals surface area (Å²) in [6.45, 7) is 8.50. The van der Waals surface area contributed by atoms with Gasteiger partial charge >= 0.3 is 12.1 Å². The Morgan fingerprint density at radius 2 is 1.92 bits per heavy atom. The second kappa shape index (κ2) is 13.2. The van der Waals surface area contributed by atoms with Gasteiger partial charge in [-0.3, -0.25) is 9.36 Å². The predicted octanol–water partition coefficient (Wildman–Crippen LogP) is 3.71. The summed E-state index contributed by atoms with van der Waals surface area (Å²) in [5.74, 6) is 0.825. The monoisotopic (exact) mass is 670 g/mol. The first kappa shape index (κ1) is 32.7. The fourth-order valence-electron chi connectivity index (χ4n) is 7.46. The van der Waals surface area contributed by atoms with Gasteiger partial charge in [-0.2, -0.15) is 20.3 Å². The van der Waals surface area contributed by atoms with Gasteiger partial charge in [-0.05, 0) is 83.7 Å². The summed E-state index contributed by atoms with van der Waals surface area (Å²) in [7, 11) is 2.06. The average molecular weight is 671 g/mol. The topological polar surface area (TPSA) is 168 Å². The van der Waals surface area contributed by atoms with Gasteiger partial charge in [-0.1, -0.05) is 0 Å². The molecule has 3 aliphatic rings. The largest absolute Gasteiger partial charge is 0.465 e. The van der Waals surface area contributed by atoms with Gasteiger partial charge in [0.2, 0.25) is 0 Å². The van der Waals surface area contributed by atoms with Crippen LogP contribution in [-0.4, -0.2) is 109 Å². The quantitative estimate of drug-likeness (QED) is 0.303. The Labute approximate surface area is 283 Å². The molecule has 15 heteroatoms. The van der Waals surface area contributed by atoms with E-state index >= 15 is 0 Å². The molecule has 0 aliphatic carbocycles. The molecule has 6 heterocycles. The minimum absolute atomic E-state index is 0.0185. The number of carboxylic acid groups (broad SMARTS) is 1. The molecule has 2 unspecified atom stereocenters. The van der Waals surface area contributed by atoms with Crippen molar-refractivity contribution in [3.8, 4) is 17.8 Å². The number of benzene rings is 1. The number of amides is 1. The van der Waals surface area contributed by atoms with E-state index < -0.39 is 12.1 Å². The molecule has 0 spiro atoms. The summed E-state index contributed by atoms with van der Waals surface area (Å²) in [6.07, 6.45) is 5.57. The zero-order valence-electron chi connectivity index (χ0n) is 28.4. The lowest BCUT2D eigenvalue weighted by Gasteiger charge is -2.39. The molecule has 1 aromatic carbocycles. The van der Waals surface area contributed by atoms with Crippen molar-refractivity contribution in [2.75, 3.05) is 51.3 Å². The molecule has 258 valence electrons. The Hall–Kier alpha value is -4.81. The summed E-state index contributed by atoms with van der Waals surface area (Å²) in [4.78, 5) is 46.5. The van der Waals surface area contributed by atoms with Crippen molar-refractivity contribution in [2.45, 2.75) is 77.6 Å². The fourth-order valence-corrected chi connectivity index (χ4v) is 7.46. The summed E-state index contributed by atoms with van der Waals surface area (Å²) in [5, 5.41) is 24.8. The van der Waals surface area contributed by atoms with Crippen LogP contribution in [0.5, 0.6) is 6.01 Å². The Balaban J connectivity index is 1.38. The van der Waals surface area contributed by atoms with Gasteiger partial charge in [0.15, 0.2) is 17.6 Å². The van der Waals surface area contributed by atoms with E-state index in [1.165, 1.54) is 4.90 Å².